The van der Waals surface area contributed by atoms with Gasteiger partial charge in [0, 0.05) is 49.8 Å². The average molecular weight is 400 g/mol. The van der Waals surface area contributed by atoms with Crippen molar-refractivity contribution in [2.75, 3.05) is 44.7 Å². The van der Waals surface area contributed by atoms with Crippen molar-refractivity contribution >= 4 is 52.5 Å². The van der Waals surface area contributed by atoms with Crippen molar-refractivity contribution in [2.24, 2.45) is 0 Å². The lowest BCUT2D eigenvalue weighted by atomic mass is 10.2. The molecule has 0 atom stereocenters. The molecule has 1 aliphatic heterocycles. The molecule has 0 radical (unpaired) electrons. The van der Waals surface area contributed by atoms with Crippen LogP contribution < -0.4 is 10.2 Å². The zero-order valence-electron chi connectivity index (χ0n) is 11.9. The number of hydrogen-bond donors (Lipinski definition) is 1. The van der Waals surface area contributed by atoms with E-state index in [1.165, 1.54) is 0 Å². The summed E-state index contributed by atoms with van der Waals surface area (Å²) in [6.45, 7) is 3.99. The van der Waals surface area contributed by atoms with E-state index in [0.29, 0.717) is 6.42 Å². The van der Waals surface area contributed by atoms with E-state index in [1.807, 2.05) is 24.1 Å². The van der Waals surface area contributed by atoms with Gasteiger partial charge in [0.2, 0.25) is 5.91 Å². The third kappa shape index (κ3) is 5.98. The Labute approximate surface area is 146 Å². The first-order valence-electron chi connectivity index (χ1n) is 6.49. The van der Waals surface area contributed by atoms with Crippen molar-refractivity contribution in [3.8, 4) is 0 Å². The third-order valence-electron chi connectivity index (χ3n) is 3.26. The third-order valence-corrected chi connectivity index (χ3v) is 3.73. The van der Waals surface area contributed by atoms with Crippen LogP contribution in [0.1, 0.15) is 6.42 Å². The number of rotatable bonds is 4. The van der Waals surface area contributed by atoms with Crippen LogP contribution in [0.2, 0.25) is 0 Å². The topological polar surface area (TPSA) is 48.5 Å². The monoisotopic (exact) mass is 398 g/mol. The molecule has 0 spiro atoms. The summed E-state index contributed by atoms with van der Waals surface area (Å²) in [6, 6.07) is 4.00. The number of carbonyl (C=O) groups is 1. The van der Waals surface area contributed by atoms with Crippen LogP contribution in [0, 0.1) is 0 Å². The standard InChI is InChI=1S/C13H19BrN4O.2ClH/c1-15-5-4-13(19)18-8-6-17(7-9-18)12-3-2-11(14)10-16-12;;/h2-3,10,15H,4-9H2,1H3;2*1H. The quantitative estimate of drug-likeness (QED) is 0.840. The van der Waals surface area contributed by atoms with Gasteiger partial charge in [-0.15, -0.1) is 24.8 Å². The zero-order valence-corrected chi connectivity index (χ0v) is 15.1. The summed E-state index contributed by atoms with van der Waals surface area (Å²) in [5, 5.41) is 3.01. The van der Waals surface area contributed by atoms with Gasteiger partial charge in [0.05, 0.1) is 0 Å². The van der Waals surface area contributed by atoms with E-state index in [2.05, 4.69) is 31.1 Å². The smallest absolute Gasteiger partial charge is 0.223 e. The highest BCUT2D eigenvalue weighted by Crippen LogP contribution is 2.16. The zero-order chi connectivity index (χ0) is 13.7. The summed E-state index contributed by atoms with van der Waals surface area (Å²) in [4.78, 5) is 20.4. The number of piperazine rings is 1. The van der Waals surface area contributed by atoms with E-state index in [4.69, 9.17) is 0 Å². The Kier molecular flexibility index (Phi) is 9.94. The van der Waals surface area contributed by atoms with E-state index in [9.17, 15) is 4.79 Å². The fourth-order valence-electron chi connectivity index (χ4n) is 2.13. The highest BCUT2D eigenvalue weighted by Gasteiger charge is 2.21. The number of nitrogens with one attached hydrogen (secondary N) is 1. The second kappa shape index (κ2) is 10.2. The van der Waals surface area contributed by atoms with Gasteiger partial charge < -0.3 is 15.1 Å². The molecule has 0 bridgehead atoms. The van der Waals surface area contributed by atoms with E-state index in [0.717, 1.165) is 43.0 Å². The number of anilines is 1. The molecule has 120 valence electrons. The van der Waals surface area contributed by atoms with E-state index in [1.54, 1.807) is 6.20 Å². The molecule has 0 aromatic carbocycles. The predicted molar refractivity (Wildman–Crippen MR) is 93.8 cm³/mol. The molecule has 2 heterocycles. The molecule has 5 nitrogen and oxygen atoms in total. The summed E-state index contributed by atoms with van der Waals surface area (Å²) in [6.07, 6.45) is 2.38. The van der Waals surface area contributed by atoms with Gasteiger partial charge in [-0.2, -0.15) is 0 Å². The van der Waals surface area contributed by atoms with E-state index >= 15 is 0 Å². The van der Waals surface area contributed by atoms with Crippen molar-refractivity contribution in [1.29, 1.82) is 0 Å². The minimum Gasteiger partial charge on any atom is -0.353 e. The first-order chi connectivity index (χ1) is 9.20. The number of nitrogens with zero attached hydrogens (tertiary/aromatic N) is 3. The van der Waals surface area contributed by atoms with Crippen molar-refractivity contribution in [1.82, 2.24) is 15.2 Å². The minimum absolute atomic E-state index is 0. The maximum atomic E-state index is 11.9. The Hall–Kier alpha value is -0.560. The normalized spacial score (nSPS) is 14.2. The lowest BCUT2D eigenvalue weighted by Crippen LogP contribution is -2.49. The van der Waals surface area contributed by atoms with Gasteiger partial charge in [0.15, 0.2) is 0 Å². The van der Waals surface area contributed by atoms with Gasteiger partial charge in [0.1, 0.15) is 5.82 Å². The fourth-order valence-corrected chi connectivity index (χ4v) is 2.36. The van der Waals surface area contributed by atoms with Gasteiger partial charge in [-0.1, -0.05) is 0 Å². The Morgan fingerprint density at radius 2 is 1.95 bits per heavy atom. The van der Waals surface area contributed by atoms with Crippen LogP contribution in [0.3, 0.4) is 0 Å². The van der Waals surface area contributed by atoms with Gasteiger partial charge in [-0.05, 0) is 35.1 Å². The molecule has 1 aliphatic rings. The number of pyridine rings is 1. The molecule has 1 fully saturated rings. The molecular weight excluding hydrogens is 379 g/mol. The van der Waals surface area contributed by atoms with Gasteiger partial charge in [0.25, 0.3) is 0 Å². The molecule has 0 unspecified atom stereocenters. The largest absolute Gasteiger partial charge is 0.353 e. The SMILES string of the molecule is CNCCC(=O)N1CCN(c2ccc(Br)cn2)CC1.Cl.Cl. The maximum Gasteiger partial charge on any atom is 0.223 e. The number of amides is 1. The summed E-state index contributed by atoms with van der Waals surface area (Å²) < 4.78 is 0.983. The molecule has 1 aromatic heterocycles. The Bertz CT molecular complexity index is 425. The molecule has 1 aromatic rings. The minimum atomic E-state index is 0. The molecule has 1 N–H and O–H groups in total. The summed E-state index contributed by atoms with van der Waals surface area (Å²) in [5.74, 6) is 1.21. The van der Waals surface area contributed by atoms with Crippen molar-refractivity contribution in [3.63, 3.8) is 0 Å². The summed E-state index contributed by atoms with van der Waals surface area (Å²) in [7, 11) is 1.87. The molecule has 2 rings (SSSR count). The van der Waals surface area contributed by atoms with Crippen LogP contribution in [0.15, 0.2) is 22.8 Å². The fraction of sp³-hybridized carbons (Fsp3) is 0.538. The van der Waals surface area contributed by atoms with Crippen LogP contribution in [-0.4, -0.2) is 55.6 Å². The van der Waals surface area contributed by atoms with Crippen LogP contribution in [0.4, 0.5) is 5.82 Å². The second-order valence-corrected chi connectivity index (χ2v) is 5.47. The van der Waals surface area contributed by atoms with Crippen LogP contribution >= 0.6 is 40.7 Å². The number of aromatic nitrogens is 1. The van der Waals surface area contributed by atoms with Crippen molar-refractivity contribution < 1.29 is 4.79 Å². The highest BCUT2D eigenvalue weighted by molar-refractivity contribution is 9.10. The molecule has 21 heavy (non-hydrogen) atoms. The summed E-state index contributed by atoms with van der Waals surface area (Å²) >= 11 is 3.38. The molecule has 0 aliphatic carbocycles. The van der Waals surface area contributed by atoms with E-state index < -0.39 is 0 Å². The van der Waals surface area contributed by atoms with Gasteiger partial charge >= 0.3 is 0 Å². The molecule has 1 amide bonds. The van der Waals surface area contributed by atoms with Crippen molar-refractivity contribution in [2.45, 2.75) is 6.42 Å². The molecule has 0 saturated carbocycles. The lowest BCUT2D eigenvalue weighted by molar-refractivity contribution is -0.131. The number of halogens is 3. The number of carbonyl (C=O) groups excluding carboxylic acids is 1. The van der Waals surface area contributed by atoms with Crippen LogP contribution in [-0.2, 0) is 4.79 Å². The van der Waals surface area contributed by atoms with E-state index in [-0.39, 0.29) is 30.7 Å². The number of hydrogen-bond acceptors (Lipinski definition) is 4. The first kappa shape index (κ1) is 20.4. The van der Waals surface area contributed by atoms with Gasteiger partial charge in [-0.3, -0.25) is 4.79 Å². The van der Waals surface area contributed by atoms with Gasteiger partial charge in [-0.25, -0.2) is 4.98 Å². The Morgan fingerprint density at radius 3 is 2.48 bits per heavy atom. The predicted octanol–water partition coefficient (Wildman–Crippen LogP) is 1.95. The molecule has 1 saturated heterocycles. The Morgan fingerprint density at radius 1 is 1.29 bits per heavy atom. The highest BCUT2D eigenvalue weighted by atomic mass is 79.9. The van der Waals surface area contributed by atoms with Crippen LogP contribution in [0.5, 0.6) is 0 Å². The average Bonchev–Trinajstić information content (AvgIpc) is 2.46. The maximum absolute atomic E-state index is 11.9. The molecule has 8 heteroatoms. The Balaban J connectivity index is 0.00000200. The van der Waals surface area contributed by atoms with Crippen LogP contribution in [0.25, 0.3) is 0 Å². The first-order valence-corrected chi connectivity index (χ1v) is 7.29. The second-order valence-electron chi connectivity index (χ2n) is 4.56. The molecular formula is C13H21BrCl2N4O. The lowest BCUT2D eigenvalue weighted by Gasteiger charge is -2.35. The van der Waals surface area contributed by atoms with Crippen molar-refractivity contribution in [3.05, 3.63) is 22.8 Å². The summed E-state index contributed by atoms with van der Waals surface area (Å²) in [5.41, 5.74) is 0.